The number of carbonyl (C=O) groups is 1. The minimum atomic E-state index is -0.489. The molecule has 0 unspecified atom stereocenters. The number of ether oxygens (including phenoxy) is 3. The van der Waals surface area contributed by atoms with Gasteiger partial charge in [0.2, 0.25) is 0 Å². The van der Waals surface area contributed by atoms with Crippen molar-refractivity contribution in [3.05, 3.63) is 58.9 Å². The van der Waals surface area contributed by atoms with Crippen LogP contribution in [0.25, 0.3) is 22.9 Å². The number of carbonyl (C=O) groups excluding carboxylic acids is 1. The fourth-order valence-corrected chi connectivity index (χ4v) is 2.60. The van der Waals surface area contributed by atoms with E-state index in [-0.39, 0.29) is 0 Å². The second-order valence-corrected chi connectivity index (χ2v) is 5.31. The zero-order valence-corrected chi connectivity index (χ0v) is 14.2. The van der Waals surface area contributed by atoms with Gasteiger partial charge >= 0.3 is 5.97 Å². The number of furan rings is 1. The summed E-state index contributed by atoms with van der Waals surface area (Å²) in [4.78, 5) is 11.7. The van der Waals surface area contributed by atoms with Crippen LogP contribution in [0.3, 0.4) is 0 Å². The Morgan fingerprint density at radius 3 is 2.08 bits per heavy atom. The van der Waals surface area contributed by atoms with Crippen LogP contribution in [0.4, 0.5) is 0 Å². The number of esters is 1. The van der Waals surface area contributed by atoms with Crippen molar-refractivity contribution in [2.45, 2.75) is 0 Å². The van der Waals surface area contributed by atoms with Crippen molar-refractivity contribution in [2.75, 3.05) is 21.3 Å². The summed E-state index contributed by atoms with van der Waals surface area (Å²) in [5.74, 6) is 0.654. The maximum absolute atomic E-state index is 11.7. The van der Waals surface area contributed by atoms with Gasteiger partial charge in [0, 0.05) is 10.8 Å². The van der Waals surface area contributed by atoms with E-state index in [9.17, 15) is 4.79 Å². The molecule has 3 rings (SSSR count). The van der Waals surface area contributed by atoms with Gasteiger partial charge in [0.15, 0.2) is 11.5 Å². The molecule has 0 bridgehead atoms. The third-order valence-electron chi connectivity index (χ3n) is 3.82. The van der Waals surface area contributed by atoms with Gasteiger partial charge in [-0.15, -0.1) is 0 Å². The van der Waals surface area contributed by atoms with E-state index in [1.54, 1.807) is 20.3 Å². The van der Waals surface area contributed by atoms with Gasteiger partial charge in [-0.3, -0.25) is 0 Å². The molecule has 25 heavy (non-hydrogen) atoms. The molecule has 0 fully saturated rings. The van der Waals surface area contributed by atoms with E-state index in [0.717, 1.165) is 16.3 Å². The molecule has 0 saturated carbocycles. The second kappa shape index (κ2) is 7.13. The number of hydrogen-bond donors (Lipinski definition) is 0. The van der Waals surface area contributed by atoms with E-state index in [1.807, 2.05) is 42.5 Å². The van der Waals surface area contributed by atoms with Gasteiger partial charge < -0.3 is 18.6 Å². The highest BCUT2D eigenvalue weighted by atomic mass is 16.5. The molecule has 0 N–H and O–H groups in total. The van der Waals surface area contributed by atoms with Gasteiger partial charge in [0.25, 0.3) is 0 Å². The van der Waals surface area contributed by atoms with Gasteiger partial charge in [0.1, 0.15) is 10.8 Å². The molecule has 2 aromatic carbocycles. The predicted octanol–water partition coefficient (Wildman–Crippen LogP) is 2.23. The van der Waals surface area contributed by atoms with E-state index < -0.39 is 5.97 Å². The quantitative estimate of drug-likeness (QED) is 0.683. The summed E-state index contributed by atoms with van der Waals surface area (Å²) >= 11 is 0. The van der Waals surface area contributed by atoms with Crippen LogP contribution < -0.4 is 20.3 Å². The number of fused-ring (bicyclic) bond motifs is 1. The van der Waals surface area contributed by atoms with E-state index in [0.29, 0.717) is 22.3 Å². The van der Waals surface area contributed by atoms with Crippen molar-refractivity contribution >= 4 is 28.9 Å². The van der Waals surface area contributed by atoms with Crippen LogP contribution in [-0.2, 0) is 9.53 Å². The molecule has 128 valence electrons. The first-order chi connectivity index (χ1) is 12.2. The molecule has 1 heterocycles. The summed E-state index contributed by atoms with van der Waals surface area (Å²) < 4.78 is 21.4. The van der Waals surface area contributed by atoms with E-state index >= 15 is 0 Å². The van der Waals surface area contributed by atoms with Crippen molar-refractivity contribution in [2.24, 2.45) is 0 Å². The Labute approximate surface area is 144 Å². The second-order valence-electron chi connectivity index (χ2n) is 5.31. The Balaban J connectivity index is 2.36. The van der Waals surface area contributed by atoms with E-state index in [4.69, 9.17) is 18.6 Å². The molecule has 5 nitrogen and oxygen atoms in total. The van der Waals surface area contributed by atoms with Crippen LogP contribution in [0, 0.1) is 0 Å². The summed E-state index contributed by atoms with van der Waals surface area (Å²) in [7, 11) is 4.46. The van der Waals surface area contributed by atoms with E-state index in [1.165, 1.54) is 13.2 Å². The van der Waals surface area contributed by atoms with Gasteiger partial charge in [-0.1, -0.05) is 30.3 Å². The Hall–Kier alpha value is -3.21. The molecule has 0 radical (unpaired) electrons. The Kier molecular flexibility index (Phi) is 4.75. The Morgan fingerprint density at radius 2 is 1.52 bits per heavy atom. The van der Waals surface area contributed by atoms with Gasteiger partial charge in [-0.25, -0.2) is 4.79 Å². The summed E-state index contributed by atoms with van der Waals surface area (Å²) in [6, 6.07) is 13.4. The highest BCUT2D eigenvalue weighted by Crippen LogP contribution is 2.30. The largest absolute Gasteiger partial charge is 0.493 e. The van der Waals surface area contributed by atoms with Crippen LogP contribution in [0.1, 0.15) is 5.56 Å². The molecule has 0 atom stereocenters. The predicted molar refractivity (Wildman–Crippen MR) is 95.1 cm³/mol. The standard InChI is InChI=1S/C20H18O5/c1-22-18-10-14-15(11-19(18)23-2)17(12-20(21)24-3)25-16(14)9-13-7-5-4-6-8-13/h4-12H,1-3H3/b16-9+,17-12+. The van der Waals surface area contributed by atoms with Crippen LogP contribution >= 0.6 is 0 Å². The normalized spacial score (nSPS) is 12.4. The summed E-state index contributed by atoms with van der Waals surface area (Å²) in [6.07, 6.45) is 3.22. The number of methoxy groups -OCH3 is 3. The number of rotatable bonds is 4. The lowest BCUT2D eigenvalue weighted by atomic mass is 10.1. The molecule has 3 aromatic rings. The fraction of sp³-hybridized carbons (Fsp3) is 0.150. The Bertz CT molecular complexity index is 1020. The smallest absolute Gasteiger partial charge is 0.334 e. The van der Waals surface area contributed by atoms with Gasteiger partial charge in [0.05, 0.1) is 27.4 Å². The third kappa shape index (κ3) is 3.35. The van der Waals surface area contributed by atoms with Crippen molar-refractivity contribution in [1.82, 2.24) is 0 Å². The van der Waals surface area contributed by atoms with Crippen molar-refractivity contribution in [3.8, 4) is 11.5 Å². The van der Waals surface area contributed by atoms with Crippen molar-refractivity contribution in [3.63, 3.8) is 0 Å². The van der Waals surface area contributed by atoms with Crippen LogP contribution in [0.15, 0.2) is 46.9 Å². The van der Waals surface area contributed by atoms with E-state index in [2.05, 4.69) is 0 Å². The molecule has 0 aliphatic rings. The first kappa shape index (κ1) is 16.6. The molecule has 1 aromatic heterocycles. The lowest BCUT2D eigenvalue weighted by Gasteiger charge is -2.06. The average molecular weight is 338 g/mol. The summed E-state index contributed by atoms with van der Waals surface area (Å²) in [5, 5.41) is 1.56. The average Bonchev–Trinajstić information content (AvgIpc) is 2.97. The SMILES string of the molecule is COC(=O)/C=c1/o/c(=C/c2ccccc2)c2cc(OC)c(OC)cc12. The Morgan fingerprint density at radius 1 is 0.920 bits per heavy atom. The maximum Gasteiger partial charge on any atom is 0.334 e. The lowest BCUT2D eigenvalue weighted by Crippen LogP contribution is -2.06. The molecular formula is C20H18O5. The van der Waals surface area contributed by atoms with Gasteiger partial charge in [-0.05, 0) is 23.8 Å². The zero-order valence-electron chi connectivity index (χ0n) is 14.2. The third-order valence-corrected chi connectivity index (χ3v) is 3.82. The lowest BCUT2D eigenvalue weighted by molar-refractivity contribution is -0.133. The molecule has 5 heteroatoms. The highest BCUT2D eigenvalue weighted by molar-refractivity contribution is 6.02. The van der Waals surface area contributed by atoms with Crippen LogP contribution in [-0.4, -0.2) is 27.3 Å². The maximum atomic E-state index is 11.7. The van der Waals surface area contributed by atoms with Crippen LogP contribution in [0.5, 0.6) is 11.5 Å². The van der Waals surface area contributed by atoms with Crippen LogP contribution in [0.2, 0.25) is 0 Å². The first-order valence-electron chi connectivity index (χ1n) is 7.67. The molecule has 0 aliphatic carbocycles. The molecular weight excluding hydrogens is 320 g/mol. The zero-order chi connectivity index (χ0) is 17.8. The number of hydrogen-bond acceptors (Lipinski definition) is 5. The van der Waals surface area contributed by atoms with Crippen molar-refractivity contribution in [1.29, 1.82) is 0 Å². The highest BCUT2D eigenvalue weighted by Gasteiger charge is 2.12. The fourth-order valence-electron chi connectivity index (χ4n) is 2.60. The summed E-state index contributed by atoms with van der Waals surface area (Å²) in [6.45, 7) is 0. The summed E-state index contributed by atoms with van der Waals surface area (Å²) in [5.41, 5.74) is 2.01. The number of benzene rings is 2. The van der Waals surface area contributed by atoms with Gasteiger partial charge in [-0.2, -0.15) is 0 Å². The topological polar surface area (TPSA) is 57.9 Å². The molecule has 0 spiro atoms. The minimum Gasteiger partial charge on any atom is -0.493 e. The first-order valence-corrected chi connectivity index (χ1v) is 7.67. The molecule has 0 aliphatic heterocycles. The van der Waals surface area contributed by atoms with Crippen molar-refractivity contribution < 1.29 is 23.4 Å². The minimum absolute atomic E-state index is 0.407. The molecule has 0 amide bonds. The molecule has 0 saturated heterocycles. The monoisotopic (exact) mass is 338 g/mol.